The molecule has 8 heteroatoms. The van der Waals surface area contributed by atoms with Crippen LogP contribution in [0.15, 0.2) is 24.3 Å². The Labute approximate surface area is 131 Å². The van der Waals surface area contributed by atoms with Crippen LogP contribution in [0.4, 0.5) is 13.2 Å². The van der Waals surface area contributed by atoms with Gasteiger partial charge in [-0.05, 0) is 30.5 Å². The molecule has 1 aromatic carbocycles. The molecule has 0 radical (unpaired) electrons. The first-order chi connectivity index (χ1) is 10.8. The fourth-order valence-electron chi connectivity index (χ4n) is 1.86. The zero-order chi connectivity index (χ0) is 17.3. The van der Waals surface area contributed by atoms with Crippen molar-refractivity contribution < 1.29 is 32.6 Å². The molecule has 0 saturated carbocycles. The topological polar surface area (TPSA) is 75.6 Å². The minimum atomic E-state index is -4.74. The Morgan fingerprint density at radius 1 is 1.09 bits per heavy atom. The molecule has 2 N–H and O–H groups in total. The number of unbranched alkanes of at least 4 members (excludes halogenated alkanes) is 2. The second kappa shape index (κ2) is 9.02. The van der Waals surface area contributed by atoms with Crippen molar-refractivity contribution in [2.75, 3.05) is 6.54 Å². The van der Waals surface area contributed by atoms with Gasteiger partial charge in [-0.3, -0.25) is 9.59 Å². The number of carbonyl (C=O) groups excluding carboxylic acids is 1. The molecule has 1 amide bonds. The van der Waals surface area contributed by atoms with Gasteiger partial charge in [0.25, 0.3) is 0 Å². The minimum absolute atomic E-state index is 0.0570. The van der Waals surface area contributed by atoms with E-state index in [2.05, 4.69) is 10.1 Å². The van der Waals surface area contributed by atoms with Gasteiger partial charge in [0, 0.05) is 13.0 Å². The maximum Gasteiger partial charge on any atom is 0.573 e. The van der Waals surface area contributed by atoms with Gasteiger partial charge >= 0.3 is 12.3 Å². The summed E-state index contributed by atoms with van der Waals surface area (Å²) in [7, 11) is 0. The number of hydrogen-bond donors (Lipinski definition) is 2. The molecule has 0 aromatic heterocycles. The molecule has 0 aliphatic carbocycles. The van der Waals surface area contributed by atoms with Gasteiger partial charge in [-0.2, -0.15) is 0 Å². The summed E-state index contributed by atoms with van der Waals surface area (Å²) in [6.45, 7) is 0.438. The van der Waals surface area contributed by atoms with Crippen LogP contribution in [-0.4, -0.2) is 29.9 Å². The Bertz CT molecular complexity index is 514. The third-order valence-corrected chi connectivity index (χ3v) is 2.91. The van der Waals surface area contributed by atoms with Crippen LogP contribution in [-0.2, 0) is 16.0 Å². The third kappa shape index (κ3) is 9.38. The van der Waals surface area contributed by atoms with Crippen molar-refractivity contribution in [3.05, 3.63) is 29.8 Å². The predicted molar refractivity (Wildman–Crippen MR) is 75.9 cm³/mol. The first-order valence-electron chi connectivity index (χ1n) is 7.09. The summed E-state index contributed by atoms with van der Waals surface area (Å²) in [5, 5.41) is 11.1. The van der Waals surface area contributed by atoms with Crippen LogP contribution in [0.1, 0.15) is 31.2 Å². The average Bonchev–Trinajstić information content (AvgIpc) is 2.43. The zero-order valence-corrected chi connectivity index (χ0v) is 12.4. The molecule has 0 heterocycles. The molecule has 0 bridgehead atoms. The maximum atomic E-state index is 12.0. The molecule has 0 fully saturated rings. The van der Waals surface area contributed by atoms with E-state index in [4.69, 9.17) is 5.11 Å². The lowest BCUT2D eigenvalue weighted by Gasteiger charge is -2.09. The van der Waals surface area contributed by atoms with Gasteiger partial charge in [0.05, 0.1) is 6.42 Å². The van der Waals surface area contributed by atoms with E-state index < -0.39 is 12.3 Å². The van der Waals surface area contributed by atoms with Crippen LogP contribution in [0, 0.1) is 0 Å². The number of ether oxygens (including phenoxy) is 1. The number of aliphatic carboxylic acids is 1. The molecule has 1 aromatic rings. The molecule has 23 heavy (non-hydrogen) atoms. The number of carboxylic acids is 1. The molecule has 128 valence electrons. The molecular weight excluding hydrogens is 315 g/mol. The van der Waals surface area contributed by atoms with Gasteiger partial charge in [-0.25, -0.2) is 0 Å². The van der Waals surface area contributed by atoms with E-state index in [1.807, 2.05) is 0 Å². The first-order valence-corrected chi connectivity index (χ1v) is 7.09. The van der Waals surface area contributed by atoms with E-state index in [1.54, 1.807) is 0 Å². The van der Waals surface area contributed by atoms with E-state index in [9.17, 15) is 22.8 Å². The second-order valence-corrected chi connectivity index (χ2v) is 4.92. The van der Waals surface area contributed by atoms with Gasteiger partial charge in [0.2, 0.25) is 5.91 Å². The number of carbonyl (C=O) groups is 2. The third-order valence-electron chi connectivity index (χ3n) is 2.91. The Hall–Kier alpha value is -2.25. The number of rotatable bonds is 9. The van der Waals surface area contributed by atoms with Crippen LogP contribution in [0.25, 0.3) is 0 Å². The summed E-state index contributed by atoms with van der Waals surface area (Å²) in [4.78, 5) is 22.0. The molecule has 5 nitrogen and oxygen atoms in total. The van der Waals surface area contributed by atoms with Gasteiger partial charge in [0.15, 0.2) is 0 Å². The van der Waals surface area contributed by atoms with E-state index >= 15 is 0 Å². The molecule has 1 rings (SSSR count). The largest absolute Gasteiger partial charge is 0.573 e. The van der Waals surface area contributed by atoms with Crippen LogP contribution in [0.5, 0.6) is 5.75 Å². The summed E-state index contributed by atoms with van der Waals surface area (Å²) >= 11 is 0. The Morgan fingerprint density at radius 2 is 1.74 bits per heavy atom. The first kappa shape index (κ1) is 18.8. The highest BCUT2D eigenvalue weighted by Gasteiger charge is 2.30. The normalized spacial score (nSPS) is 11.1. The number of benzene rings is 1. The van der Waals surface area contributed by atoms with Crippen LogP contribution >= 0.6 is 0 Å². The number of halogens is 3. The Balaban J connectivity index is 2.25. The molecular formula is C15H18F3NO4. The van der Waals surface area contributed by atoms with Crippen LogP contribution < -0.4 is 10.1 Å². The van der Waals surface area contributed by atoms with Gasteiger partial charge < -0.3 is 15.2 Å². The molecule has 0 aliphatic rings. The predicted octanol–water partition coefficient (Wildman–Crippen LogP) is 2.89. The number of amides is 1. The standard InChI is InChI=1S/C15H18F3NO4/c16-15(17,18)23-12-7-5-11(6-8-12)10-13(20)19-9-3-1-2-4-14(21)22/h5-8H,1-4,9-10H2,(H,19,20)(H,21,22). The molecule has 0 spiro atoms. The molecule has 0 atom stereocenters. The fraction of sp³-hybridized carbons (Fsp3) is 0.467. The summed E-state index contributed by atoms with van der Waals surface area (Å²) < 4.78 is 39.8. The van der Waals surface area contributed by atoms with Gasteiger partial charge in [-0.1, -0.05) is 18.6 Å². The number of alkyl halides is 3. The number of carboxylic acid groups (broad SMARTS) is 1. The fourth-order valence-corrected chi connectivity index (χ4v) is 1.86. The lowest BCUT2D eigenvalue weighted by atomic mass is 10.1. The van der Waals surface area contributed by atoms with Crippen LogP contribution in [0.2, 0.25) is 0 Å². The van der Waals surface area contributed by atoms with Crippen molar-refractivity contribution in [3.8, 4) is 5.75 Å². The monoisotopic (exact) mass is 333 g/mol. The van der Waals surface area contributed by atoms with E-state index in [-0.39, 0.29) is 24.5 Å². The highest BCUT2D eigenvalue weighted by molar-refractivity contribution is 5.78. The van der Waals surface area contributed by atoms with Gasteiger partial charge in [0.1, 0.15) is 5.75 Å². The van der Waals surface area contributed by atoms with E-state index in [0.29, 0.717) is 31.4 Å². The molecule has 0 unspecified atom stereocenters. The maximum absolute atomic E-state index is 12.0. The zero-order valence-electron chi connectivity index (χ0n) is 12.4. The van der Waals surface area contributed by atoms with Crippen molar-refractivity contribution >= 4 is 11.9 Å². The highest BCUT2D eigenvalue weighted by Crippen LogP contribution is 2.22. The highest BCUT2D eigenvalue weighted by atomic mass is 19.4. The smallest absolute Gasteiger partial charge is 0.481 e. The second-order valence-electron chi connectivity index (χ2n) is 4.92. The van der Waals surface area contributed by atoms with E-state index in [0.717, 1.165) is 12.1 Å². The van der Waals surface area contributed by atoms with Crippen molar-refractivity contribution in [2.45, 2.75) is 38.5 Å². The Morgan fingerprint density at radius 3 is 2.30 bits per heavy atom. The van der Waals surface area contributed by atoms with Gasteiger partial charge in [-0.15, -0.1) is 13.2 Å². The summed E-state index contributed by atoms with van der Waals surface area (Å²) in [5.74, 6) is -1.42. The van der Waals surface area contributed by atoms with Crippen molar-refractivity contribution in [2.24, 2.45) is 0 Å². The lowest BCUT2D eigenvalue weighted by Crippen LogP contribution is -2.26. The van der Waals surface area contributed by atoms with Crippen molar-refractivity contribution in [3.63, 3.8) is 0 Å². The lowest BCUT2D eigenvalue weighted by molar-refractivity contribution is -0.274. The average molecular weight is 333 g/mol. The van der Waals surface area contributed by atoms with Crippen LogP contribution in [0.3, 0.4) is 0 Å². The van der Waals surface area contributed by atoms with E-state index in [1.165, 1.54) is 12.1 Å². The number of hydrogen-bond acceptors (Lipinski definition) is 3. The summed E-state index contributed by atoms with van der Waals surface area (Å²) in [6.07, 6.45) is -2.62. The quantitative estimate of drug-likeness (QED) is 0.681. The Kier molecular flexibility index (Phi) is 7.37. The van der Waals surface area contributed by atoms with Crippen molar-refractivity contribution in [1.82, 2.24) is 5.32 Å². The SMILES string of the molecule is O=C(O)CCCCCNC(=O)Cc1ccc(OC(F)(F)F)cc1. The molecule has 0 aliphatic heterocycles. The summed E-state index contributed by atoms with van der Waals surface area (Å²) in [6, 6.07) is 5.10. The van der Waals surface area contributed by atoms with Crippen molar-refractivity contribution in [1.29, 1.82) is 0 Å². The minimum Gasteiger partial charge on any atom is -0.481 e. The summed E-state index contributed by atoms with van der Waals surface area (Å²) in [5.41, 5.74) is 0.572. The number of nitrogens with one attached hydrogen (secondary N) is 1. The molecule has 0 saturated heterocycles.